The standard InChI is InChI=1S/C15H28N4O5S/c1-4-9(2)13(15(24)18-8-12(21)22)19-11(20)7-17-14(23)10(16)5-6-25-3/h9-10,13H,4-8,16H2,1-3H3,(H,17,23)(H,18,24)(H,19,20)(H,21,22). The van der Waals surface area contributed by atoms with E-state index < -0.39 is 42.3 Å². The van der Waals surface area contributed by atoms with Gasteiger partial charge in [0, 0.05) is 0 Å². The lowest BCUT2D eigenvalue weighted by molar-refractivity contribution is -0.138. The fourth-order valence-corrected chi connectivity index (χ4v) is 2.36. The van der Waals surface area contributed by atoms with Crippen molar-refractivity contribution < 1.29 is 24.3 Å². The van der Waals surface area contributed by atoms with Crippen LogP contribution in [0.5, 0.6) is 0 Å². The van der Waals surface area contributed by atoms with Crippen molar-refractivity contribution in [1.82, 2.24) is 16.0 Å². The topological polar surface area (TPSA) is 151 Å². The van der Waals surface area contributed by atoms with Gasteiger partial charge in [-0.2, -0.15) is 11.8 Å². The number of carbonyl (C=O) groups is 4. The molecule has 0 heterocycles. The van der Waals surface area contributed by atoms with Gasteiger partial charge in [0.25, 0.3) is 0 Å². The van der Waals surface area contributed by atoms with Crippen LogP contribution in [0.25, 0.3) is 0 Å². The third-order valence-electron chi connectivity index (χ3n) is 3.62. The average Bonchev–Trinajstić information content (AvgIpc) is 2.59. The van der Waals surface area contributed by atoms with E-state index in [4.69, 9.17) is 10.8 Å². The summed E-state index contributed by atoms with van der Waals surface area (Å²) in [4.78, 5) is 46.4. The SMILES string of the molecule is CCC(C)C(NC(=O)CNC(=O)C(N)CCSC)C(=O)NCC(=O)O. The number of carboxylic acids is 1. The predicted molar refractivity (Wildman–Crippen MR) is 96.0 cm³/mol. The average molecular weight is 376 g/mol. The zero-order chi connectivity index (χ0) is 19.4. The monoisotopic (exact) mass is 376 g/mol. The summed E-state index contributed by atoms with van der Waals surface area (Å²) in [7, 11) is 0. The third kappa shape index (κ3) is 9.92. The molecule has 3 atom stereocenters. The van der Waals surface area contributed by atoms with Crippen molar-refractivity contribution in [2.45, 2.75) is 38.8 Å². The summed E-state index contributed by atoms with van der Waals surface area (Å²) in [6.07, 6.45) is 3.02. The Labute approximate surface area is 151 Å². The van der Waals surface area contributed by atoms with Crippen molar-refractivity contribution in [3.05, 3.63) is 0 Å². The van der Waals surface area contributed by atoms with Crippen molar-refractivity contribution in [3.8, 4) is 0 Å². The maximum Gasteiger partial charge on any atom is 0.322 e. The fourth-order valence-electron chi connectivity index (χ4n) is 1.87. The molecule has 0 aromatic heterocycles. The number of amides is 3. The fraction of sp³-hybridized carbons (Fsp3) is 0.733. The van der Waals surface area contributed by atoms with Gasteiger partial charge in [0.2, 0.25) is 17.7 Å². The number of nitrogens with two attached hydrogens (primary N) is 1. The molecule has 0 saturated carbocycles. The Morgan fingerprint density at radius 3 is 2.24 bits per heavy atom. The van der Waals surface area contributed by atoms with Gasteiger partial charge < -0.3 is 26.8 Å². The Kier molecular flexibility index (Phi) is 11.6. The number of carbonyl (C=O) groups excluding carboxylic acids is 3. The van der Waals surface area contributed by atoms with Crippen LogP contribution in [0.15, 0.2) is 0 Å². The number of hydrogen-bond acceptors (Lipinski definition) is 6. The van der Waals surface area contributed by atoms with Crippen LogP contribution in [0.3, 0.4) is 0 Å². The van der Waals surface area contributed by atoms with Crippen LogP contribution in [0.4, 0.5) is 0 Å². The van der Waals surface area contributed by atoms with Crippen LogP contribution in [0.1, 0.15) is 26.7 Å². The molecule has 9 nitrogen and oxygen atoms in total. The molecule has 0 aliphatic rings. The smallest absolute Gasteiger partial charge is 0.322 e. The molecule has 3 unspecified atom stereocenters. The van der Waals surface area contributed by atoms with Crippen LogP contribution in [-0.4, -0.2) is 66.0 Å². The lowest BCUT2D eigenvalue weighted by Crippen LogP contribution is -2.53. The first-order chi connectivity index (χ1) is 11.7. The predicted octanol–water partition coefficient (Wildman–Crippen LogP) is -1.09. The lowest BCUT2D eigenvalue weighted by Gasteiger charge is -2.23. The van der Waals surface area contributed by atoms with Crippen molar-refractivity contribution in [2.24, 2.45) is 11.7 Å². The van der Waals surface area contributed by atoms with E-state index >= 15 is 0 Å². The Morgan fingerprint density at radius 1 is 1.12 bits per heavy atom. The second-order valence-electron chi connectivity index (χ2n) is 5.65. The van der Waals surface area contributed by atoms with Crippen LogP contribution in [0.2, 0.25) is 0 Å². The van der Waals surface area contributed by atoms with Gasteiger partial charge in [0.05, 0.1) is 12.6 Å². The molecule has 0 aromatic carbocycles. The quantitative estimate of drug-likeness (QED) is 0.290. The van der Waals surface area contributed by atoms with Crippen molar-refractivity contribution in [3.63, 3.8) is 0 Å². The van der Waals surface area contributed by atoms with Crippen molar-refractivity contribution in [2.75, 3.05) is 25.1 Å². The summed E-state index contributed by atoms with van der Waals surface area (Å²) < 4.78 is 0. The van der Waals surface area contributed by atoms with Gasteiger partial charge >= 0.3 is 5.97 Å². The van der Waals surface area contributed by atoms with Crippen LogP contribution < -0.4 is 21.7 Å². The highest BCUT2D eigenvalue weighted by Crippen LogP contribution is 2.07. The van der Waals surface area contributed by atoms with E-state index in [9.17, 15) is 19.2 Å². The molecule has 0 aliphatic heterocycles. The normalized spacial score (nSPS) is 14.1. The first-order valence-electron chi connectivity index (χ1n) is 8.03. The number of nitrogens with one attached hydrogen (secondary N) is 3. The van der Waals surface area contributed by atoms with Gasteiger partial charge in [-0.05, 0) is 24.3 Å². The van der Waals surface area contributed by atoms with Crippen molar-refractivity contribution in [1.29, 1.82) is 0 Å². The van der Waals surface area contributed by atoms with E-state index in [2.05, 4.69) is 16.0 Å². The second kappa shape index (κ2) is 12.5. The molecule has 144 valence electrons. The number of carboxylic acid groups (broad SMARTS) is 1. The lowest BCUT2D eigenvalue weighted by atomic mass is 9.98. The van der Waals surface area contributed by atoms with Crippen LogP contribution in [-0.2, 0) is 19.2 Å². The second-order valence-corrected chi connectivity index (χ2v) is 6.63. The zero-order valence-electron chi connectivity index (χ0n) is 14.8. The number of thioether (sulfide) groups is 1. The first-order valence-corrected chi connectivity index (χ1v) is 9.43. The molecule has 0 aliphatic carbocycles. The molecular weight excluding hydrogens is 348 g/mol. The van der Waals surface area contributed by atoms with Gasteiger partial charge in [-0.3, -0.25) is 19.2 Å². The zero-order valence-corrected chi connectivity index (χ0v) is 15.6. The van der Waals surface area contributed by atoms with E-state index in [0.717, 1.165) is 5.75 Å². The molecule has 0 spiro atoms. The molecule has 0 radical (unpaired) electrons. The van der Waals surface area contributed by atoms with E-state index in [1.807, 2.05) is 13.2 Å². The van der Waals surface area contributed by atoms with Gasteiger partial charge in [-0.1, -0.05) is 20.3 Å². The molecule has 3 amide bonds. The van der Waals surface area contributed by atoms with E-state index in [-0.39, 0.29) is 12.5 Å². The highest BCUT2D eigenvalue weighted by molar-refractivity contribution is 7.98. The van der Waals surface area contributed by atoms with Crippen LogP contribution >= 0.6 is 11.8 Å². The minimum Gasteiger partial charge on any atom is -0.480 e. The van der Waals surface area contributed by atoms with Gasteiger partial charge in [-0.25, -0.2) is 0 Å². The summed E-state index contributed by atoms with van der Waals surface area (Å²) in [5.74, 6) is -2.18. The van der Waals surface area contributed by atoms with Gasteiger partial charge in [-0.15, -0.1) is 0 Å². The molecule has 0 saturated heterocycles. The molecule has 10 heteroatoms. The minimum absolute atomic E-state index is 0.197. The summed E-state index contributed by atoms with van der Waals surface area (Å²) in [5, 5.41) is 15.8. The number of hydrogen-bond donors (Lipinski definition) is 5. The molecule has 0 fully saturated rings. The Bertz CT molecular complexity index is 475. The Balaban J connectivity index is 4.54. The van der Waals surface area contributed by atoms with E-state index in [0.29, 0.717) is 12.8 Å². The molecule has 6 N–H and O–H groups in total. The summed E-state index contributed by atoms with van der Waals surface area (Å²) in [6, 6.07) is -1.57. The van der Waals surface area contributed by atoms with Gasteiger partial charge in [0.1, 0.15) is 12.6 Å². The van der Waals surface area contributed by atoms with E-state index in [1.54, 1.807) is 18.7 Å². The van der Waals surface area contributed by atoms with Gasteiger partial charge in [0.15, 0.2) is 0 Å². The Hall–Kier alpha value is -1.81. The first kappa shape index (κ1) is 23.2. The molecule has 0 rings (SSSR count). The summed E-state index contributed by atoms with van der Waals surface area (Å²) >= 11 is 1.57. The third-order valence-corrected chi connectivity index (χ3v) is 4.26. The largest absolute Gasteiger partial charge is 0.480 e. The molecule has 25 heavy (non-hydrogen) atoms. The maximum absolute atomic E-state index is 12.0. The summed E-state index contributed by atoms with van der Waals surface area (Å²) in [6.45, 7) is 2.79. The minimum atomic E-state index is -1.17. The van der Waals surface area contributed by atoms with E-state index in [1.165, 1.54) is 0 Å². The molecular formula is C15H28N4O5S. The van der Waals surface area contributed by atoms with Crippen LogP contribution in [0, 0.1) is 5.92 Å². The number of rotatable bonds is 12. The van der Waals surface area contributed by atoms with Crippen molar-refractivity contribution >= 4 is 35.5 Å². The molecule has 0 aromatic rings. The highest BCUT2D eigenvalue weighted by Gasteiger charge is 2.26. The Morgan fingerprint density at radius 2 is 1.72 bits per heavy atom. The molecule has 0 bridgehead atoms. The number of aliphatic carboxylic acids is 1. The summed E-state index contributed by atoms with van der Waals surface area (Å²) in [5.41, 5.74) is 5.70. The highest BCUT2D eigenvalue weighted by atomic mass is 32.2. The maximum atomic E-state index is 12.0.